The van der Waals surface area contributed by atoms with Crippen LogP contribution in [-0.4, -0.2) is 98.7 Å². The van der Waals surface area contributed by atoms with Crippen LogP contribution in [0.1, 0.15) is 77.1 Å². The molecule has 0 saturated carbocycles. The molecule has 2 heterocycles. The summed E-state index contributed by atoms with van der Waals surface area (Å²) in [5.41, 5.74) is 2.73. The van der Waals surface area contributed by atoms with Gasteiger partial charge in [-0.25, -0.2) is 18.6 Å². The molecule has 1 aromatic heterocycles. The van der Waals surface area contributed by atoms with Crippen LogP contribution in [0.25, 0.3) is 11.3 Å². The second-order valence-electron chi connectivity index (χ2n) is 15.8. The number of aromatic nitrogens is 2. The number of nitrogens with two attached hydrogens (primary N) is 1. The quantitative estimate of drug-likeness (QED) is 0.0365. The number of nitrogens with one attached hydrogen (secondary N) is 3. The summed E-state index contributed by atoms with van der Waals surface area (Å²) in [6, 6.07) is 10.8. The van der Waals surface area contributed by atoms with E-state index >= 15 is 0 Å². The molecule has 20 heteroatoms. The molecule has 4 rings (SSSR count). The number of imide groups is 1. The zero-order valence-corrected chi connectivity index (χ0v) is 34.6. The highest BCUT2D eigenvalue weighted by Crippen LogP contribution is 2.39. The lowest BCUT2D eigenvalue weighted by Crippen LogP contribution is -2.59. The van der Waals surface area contributed by atoms with Crippen molar-refractivity contribution >= 4 is 35.5 Å². The van der Waals surface area contributed by atoms with E-state index in [-0.39, 0.29) is 36.7 Å². The number of aliphatic hydroxyl groups excluding tert-OH is 1. The average molecular weight is 876 g/mol. The Labute approximate surface area is 354 Å². The number of imidazole rings is 1. The highest BCUT2D eigenvalue weighted by atomic mass is 19.4. The molecule has 62 heavy (non-hydrogen) atoms. The Morgan fingerprint density at radius 2 is 1.45 bits per heavy atom. The molecule has 6 N–H and O–H groups in total. The van der Waals surface area contributed by atoms with Gasteiger partial charge in [0.05, 0.1) is 11.6 Å². The number of aliphatic hydroxyl groups is 1. The Kier molecular flexibility index (Phi) is 16.2. The van der Waals surface area contributed by atoms with Crippen LogP contribution < -0.4 is 21.7 Å². The lowest BCUT2D eigenvalue weighted by atomic mass is 9.76. The largest absolute Gasteiger partial charge is 0.491 e. The Morgan fingerprint density at radius 1 is 0.855 bits per heavy atom. The van der Waals surface area contributed by atoms with Crippen molar-refractivity contribution in [3.63, 3.8) is 0 Å². The molecule has 0 radical (unpaired) electrons. The molecule has 15 nitrogen and oxygen atoms in total. The van der Waals surface area contributed by atoms with Gasteiger partial charge in [0.2, 0.25) is 17.5 Å². The van der Waals surface area contributed by atoms with Crippen molar-refractivity contribution in [1.29, 1.82) is 0 Å². The van der Waals surface area contributed by atoms with Crippen molar-refractivity contribution in [1.82, 2.24) is 30.4 Å². The number of carbonyl (C=O) groups excluding carboxylic acids is 6. The van der Waals surface area contributed by atoms with Gasteiger partial charge in [-0.15, -0.1) is 0 Å². The van der Waals surface area contributed by atoms with Gasteiger partial charge in [-0.05, 0) is 48.9 Å². The third-order valence-electron chi connectivity index (χ3n) is 9.99. The van der Waals surface area contributed by atoms with Gasteiger partial charge in [-0.3, -0.25) is 34.6 Å². The minimum Gasteiger partial charge on any atom is -0.428 e. The number of alkyl halides is 3. The summed E-state index contributed by atoms with van der Waals surface area (Å²) in [6.07, 6.45) is -2.90. The Bertz CT molecular complexity index is 2120. The first kappa shape index (κ1) is 48.6. The Balaban J connectivity index is 1.39. The van der Waals surface area contributed by atoms with Crippen LogP contribution in [0, 0.1) is 17.0 Å². The van der Waals surface area contributed by atoms with E-state index in [2.05, 4.69) is 25.7 Å². The molecule has 1 aliphatic rings. The smallest absolute Gasteiger partial charge is 0.428 e. The number of nitrogens with zero attached hydrogens (tertiary/aromatic N) is 3. The average Bonchev–Trinajstić information content (AvgIpc) is 3.76. The Hall–Kier alpha value is -6.02. The number of hydrogen-bond acceptors (Lipinski definition) is 10. The number of unbranched alkanes of at least 4 members (excludes halogenated alkanes) is 3. The SMILES string of the molecule is C[C@H](C(=O)NCCCCCCNC(=O)[C@](N)(CCNC(=O)[C@@H](O)[C@@H](c1nc(-c2cc(F)ccc2F)cn1Cc1ccccc1)C(C)(C)C)OC(=O)C(F)(F)F)N1C(=O)C=CC1=O. The van der Waals surface area contributed by atoms with Gasteiger partial charge in [0.1, 0.15) is 29.6 Å². The van der Waals surface area contributed by atoms with E-state index in [4.69, 9.17) is 5.73 Å². The van der Waals surface area contributed by atoms with Crippen LogP contribution in [0.4, 0.5) is 22.0 Å². The van der Waals surface area contributed by atoms with Gasteiger partial charge < -0.3 is 30.4 Å². The number of benzene rings is 2. The zero-order valence-electron chi connectivity index (χ0n) is 34.6. The van der Waals surface area contributed by atoms with Crippen molar-refractivity contribution in [2.24, 2.45) is 11.1 Å². The molecule has 0 fully saturated rings. The number of amides is 5. The summed E-state index contributed by atoms with van der Waals surface area (Å²) in [5.74, 6) is -9.32. The maximum atomic E-state index is 14.9. The van der Waals surface area contributed by atoms with E-state index in [0.29, 0.717) is 25.7 Å². The Morgan fingerprint density at radius 3 is 2.05 bits per heavy atom. The fourth-order valence-corrected chi connectivity index (χ4v) is 6.70. The van der Waals surface area contributed by atoms with E-state index in [9.17, 15) is 55.8 Å². The predicted octanol–water partition coefficient (Wildman–Crippen LogP) is 3.74. The molecule has 4 atom stereocenters. The number of ether oxygens (including phenoxy) is 1. The summed E-state index contributed by atoms with van der Waals surface area (Å²) < 4.78 is 75.0. The molecule has 1 aliphatic heterocycles. The van der Waals surface area contributed by atoms with Crippen LogP contribution in [-0.2, 0) is 40.0 Å². The van der Waals surface area contributed by atoms with E-state index in [1.807, 2.05) is 0 Å². The highest BCUT2D eigenvalue weighted by Gasteiger charge is 2.48. The number of halogens is 5. The standard InChI is InChI=1S/C42H50F5N7O8/c1-25(54-31(55)16-17-32(54)56)36(58)49-19-10-5-6-11-20-51-38(60)41(48,62-39(61)42(45,46)47)18-21-50-37(59)34(57)33(40(2,3)4)35-52-30(28-22-27(43)14-15-29(28)44)24-53(35)23-26-12-8-7-9-13-26/h7-9,12-17,22,24-25,33-34,57H,5-6,10-11,18-21,23,48H2,1-4H3,(H,49,58)(H,50,59)(H,51,60)/t25-,33+,34+,41+/m1/s1. The fraction of sp³-hybridized carbons (Fsp3) is 0.452. The van der Waals surface area contributed by atoms with E-state index < -0.39 is 95.5 Å². The van der Waals surface area contributed by atoms with E-state index in [1.165, 1.54) is 13.1 Å². The molecule has 0 unspecified atom stereocenters. The zero-order chi connectivity index (χ0) is 46.0. The summed E-state index contributed by atoms with van der Waals surface area (Å²) in [6.45, 7) is 6.11. The third-order valence-corrected chi connectivity index (χ3v) is 9.99. The second-order valence-corrected chi connectivity index (χ2v) is 15.8. The van der Waals surface area contributed by atoms with Gasteiger partial charge in [-0.2, -0.15) is 13.2 Å². The molecule has 0 saturated heterocycles. The minimum absolute atomic E-state index is 0.0177. The number of hydrogen-bond donors (Lipinski definition) is 5. The molecule has 5 amide bonds. The molecular weight excluding hydrogens is 825 g/mol. The third kappa shape index (κ3) is 12.8. The molecule has 0 aliphatic carbocycles. The summed E-state index contributed by atoms with van der Waals surface area (Å²) in [5, 5.41) is 18.9. The highest BCUT2D eigenvalue weighted by molar-refractivity contribution is 6.15. The van der Waals surface area contributed by atoms with Crippen molar-refractivity contribution < 1.29 is 60.6 Å². The van der Waals surface area contributed by atoms with Crippen molar-refractivity contribution in [3.8, 4) is 11.3 Å². The van der Waals surface area contributed by atoms with Crippen molar-refractivity contribution in [2.75, 3.05) is 19.6 Å². The number of rotatable bonds is 20. The molecule has 0 bridgehead atoms. The number of carbonyl (C=O) groups is 6. The van der Waals surface area contributed by atoms with Crippen LogP contribution in [0.15, 0.2) is 66.9 Å². The van der Waals surface area contributed by atoms with Gasteiger partial charge in [0.25, 0.3) is 17.7 Å². The van der Waals surface area contributed by atoms with Crippen molar-refractivity contribution in [3.05, 3.63) is 89.9 Å². The maximum Gasteiger partial charge on any atom is 0.491 e. The van der Waals surface area contributed by atoms with E-state index in [1.54, 1.807) is 55.7 Å². The summed E-state index contributed by atoms with van der Waals surface area (Å²) >= 11 is 0. The first-order valence-electron chi connectivity index (χ1n) is 19.8. The maximum absolute atomic E-state index is 14.9. The fourth-order valence-electron chi connectivity index (χ4n) is 6.70. The monoisotopic (exact) mass is 875 g/mol. The first-order chi connectivity index (χ1) is 29.0. The minimum atomic E-state index is -5.52. The van der Waals surface area contributed by atoms with Crippen LogP contribution in [0.3, 0.4) is 0 Å². The number of esters is 1. The molecule has 3 aromatic rings. The topological polar surface area (TPSA) is 215 Å². The first-order valence-corrected chi connectivity index (χ1v) is 19.8. The summed E-state index contributed by atoms with van der Waals surface area (Å²) in [4.78, 5) is 79.9. The van der Waals surface area contributed by atoms with Crippen molar-refractivity contribution in [2.45, 2.75) is 96.3 Å². The van der Waals surface area contributed by atoms with Crippen LogP contribution in [0.2, 0.25) is 0 Å². The normalized spacial score (nSPS) is 15.4. The van der Waals surface area contributed by atoms with Crippen LogP contribution in [0.5, 0.6) is 0 Å². The van der Waals surface area contributed by atoms with Gasteiger partial charge in [-0.1, -0.05) is 63.9 Å². The molecule has 336 valence electrons. The lowest BCUT2D eigenvalue weighted by molar-refractivity contribution is -0.214. The van der Waals surface area contributed by atoms with Gasteiger partial charge in [0, 0.05) is 56.5 Å². The predicted molar refractivity (Wildman–Crippen MR) is 213 cm³/mol. The van der Waals surface area contributed by atoms with Gasteiger partial charge in [0.15, 0.2) is 0 Å². The molecular formula is C42H50F5N7O8. The second kappa shape index (κ2) is 20.7. The van der Waals surface area contributed by atoms with Gasteiger partial charge >= 0.3 is 12.1 Å². The van der Waals surface area contributed by atoms with E-state index in [0.717, 1.165) is 40.8 Å². The molecule has 0 spiro atoms. The summed E-state index contributed by atoms with van der Waals surface area (Å²) in [7, 11) is 0. The lowest BCUT2D eigenvalue weighted by Gasteiger charge is -2.34. The molecule has 2 aromatic carbocycles. The van der Waals surface area contributed by atoms with Crippen LogP contribution >= 0.6 is 0 Å².